The summed E-state index contributed by atoms with van der Waals surface area (Å²) < 4.78 is 5.70. The Labute approximate surface area is 167 Å². The molecule has 29 heavy (non-hydrogen) atoms. The fraction of sp³-hybridized carbons (Fsp3) is 0.300. The number of nitrogens with zero attached hydrogens (tertiary/aromatic N) is 2. The van der Waals surface area contributed by atoms with Gasteiger partial charge in [-0.25, -0.2) is 5.48 Å². The number of hydroxylamine groups is 1. The number of non-ortho nitro benzene ring substituents is 1. The standard InChI is InChI=1S/C20H21N3O6/c1-13(18(24)21-26)22-12-11-20(2,19(22)25)14-3-7-16(8-4-14)29-17-9-5-15(6-10-17)23(27)28/h3-10,13,26H,11-12H2,1-2H3,(H,21,24). The minimum Gasteiger partial charge on any atom is -0.457 e. The van der Waals surface area contributed by atoms with Gasteiger partial charge in [-0.05, 0) is 50.1 Å². The molecule has 1 fully saturated rings. The van der Waals surface area contributed by atoms with Crippen molar-refractivity contribution in [1.29, 1.82) is 0 Å². The third-order valence-corrected chi connectivity index (χ3v) is 5.32. The lowest BCUT2D eigenvalue weighted by molar-refractivity contribution is -0.384. The number of carbonyl (C=O) groups excluding carboxylic acids is 2. The lowest BCUT2D eigenvalue weighted by Gasteiger charge is -2.27. The Kier molecular flexibility index (Phi) is 5.51. The van der Waals surface area contributed by atoms with E-state index in [4.69, 9.17) is 9.94 Å². The summed E-state index contributed by atoms with van der Waals surface area (Å²) in [4.78, 5) is 36.3. The monoisotopic (exact) mass is 399 g/mol. The molecule has 2 aromatic rings. The van der Waals surface area contributed by atoms with Gasteiger partial charge in [0.05, 0.1) is 10.3 Å². The van der Waals surface area contributed by atoms with Gasteiger partial charge >= 0.3 is 0 Å². The molecule has 0 spiro atoms. The maximum absolute atomic E-state index is 12.9. The molecule has 3 rings (SSSR count). The van der Waals surface area contributed by atoms with E-state index in [1.165, 1.54) is 29.2 Å². The van der Waals surface area contributed by atoms with Gasteiger partial charge in [0.25, 0.3) is 11.6 Å². The smallest absolute Gasteiger partial charge is 0.269 e. The Morgan fingerprint density at radius 1 is 1.21 bits per heavy atom. The van der Waals surface area contributed by atoms with E-state index in [2.05, 4.69) is 0 Å². The van der Waals surface area contributed by atoms with Crippen molar-refractivity contribution in [2.75, 3.05) is 6.54 Å². The first-order valence-electron chi connectivity index (χ1n) is 9.04. The van der Waals surface area contributed by atoms with Crippen molar-refractivity contribution in [3.63, 3.8) is 0 Å². The molecule has 2 amide bonds. The second-order valence-corrected chi connectivity index (χ2v) is 7.11. The minimum absolute atomic E-state index is 0.0194. The van der Waals surface area contributed by atoms with Crippen molar-refractivity contribution < 1.29 is 24.5 Å². The maximum atomic E-state index is 12.9. The molecule has 1 saturated heterocycles. The van der Waals surface area contributed by atoms with Gasteiger partial charge in [0.1, 0.15) is 17.5 Å². The quantitative estimate of drug-likeness (QED) is 0.438. The van der Waals surface area contributed by atoms with Crippen molar-refractivity contribution in [1.82, 2.24) is 10.4 Å². The van der Waals surface area contributed by atoms with Crippen molar-refractivity contribution in [2.45, 2.75) is 31.7 Å². The van der Waals surface area contributed by atoms with Crippen LogP contribution < -0.4 is 10.2 Å². The zero-order chi connectivity index (χ0) is 21.2. The van der Waals surface area contributed by atoms with E-state index < -0.39 is 22.3 Å². The first kappa shape index (κ1) is 20.3. The summed E-state index contributed by atoms with van der Waals surface area (Å²) in [5.74, 6) is 0.176. The molecule has 1 aliphatic heterocycles. The van der Waals surface area contributed by atoms with Crippen LogP contribution in [0.15, 0.2) is 48.5 Å². The zero-order valence-corrected chi connectivity index (χ0v) is 16.0. The average molecular weight is 399 g/mol. The summed E-state index contributed by atoms with van der Waals surface area (Å²) in [6.45, 7) is 3.80. The van der Waals surface area contributed by atoms with Crippen LogP contribution in [0.3, 0.4) is 0 Å². The third-order valence-electron chi connectivity index (χ3n) is 5.32. The van der Waals surface area contributed by atoms with Gasteiger partial charge in [-0.2, -0.15) is 0 Å². The van der Waals surface area contributed by atoms with Crippen LogP contribution in [0.2, 0.25) is 0 Å². The Hall–Kier alpha value is -3.46. The highest BCUT2D eigenvalue weighted by Crippen LogP contribution is 2.37. The summed E-state index contributed by atoms with van der Waals surface area (Å²) in [5, 5.41) is 19.5. The van der Waals surface area contributed by atoms with Crippen LogP contribution in [0.5, 0.6) is 11.5 Å². The fourth-order valence-corrected chi connectivity index (χ4v) is 3.40. The highest BCUT2D eigenvalue weighted by atomic mass is 16.6. The molecule has 2 unspecified atom stereocenters. The Morgan fingerprint density at radius 2 is 1.76 bits per heavy atom. The van der Waals surface area contributed by atoms with Crippen molar-refractivity contribution in [2.24, 2.45) is 0 Å². The number of nitro benzene ring substituents is 1. The number of nitrogens with one attached hydrogen (secondary N) is 1. The highest BCUT2D eigenvalue weighted by molar-refractivity contribution is 5.94. The van der Waals surface area contributed by atoms with Gasteiger partial charge in [-0.1, -0.05) is 12.1 Å². The van der Waals surface area contributed by atoms with Gasteiger partial charge < -0.3 is 9.64 Å². The van der Waals surface area contributed by atoms with Gasteiger partial charge in [-0.15, -0.1) is 0 Å². The summed E-state index contributed by atoms with van der Waals surface area (Å²) in [5.41, 5.74) is 1.57. The Bertz CT molecular complexity index is 928. The van der Waals surface area contributed by atoms with Gasteiger partial charge in [0.15, 0.2) is 0 Å². The van der Waals surface area contributed by atoms with E-state index in [0.717, 1.165) is 5.56 Å². The van der Waals surface area contributed by atoms with Crippen LogP contribution in [-0.4, -0.2) is 39.4 Å². The molecule has 0 saturated carbocycles. The molecule has 0 bridgehead atoms. The van der Waals surface area contributed by atoms with Crippen LogP contribution in [0.1, 0.15) is 25.8 Å². The van der Waals surface area contributed by atoms with E-state index in [-0.39, 0.29) is 11.6 Å². The second-order valence-electron chi connectivity index (χ2n) is 7.11. The molecule has 0 radical (unpaired) electrons. The number of hydrogen-bond donors (Lipinski definition) is 2. The summed E-state index contributed by atoms with van der Waals surface area (Å²) in [6.07, 6.45) is 0.539. The molecular weight excluding hydrogens is 378 g/mol. The molecule has 1 aliphatic rings. The largest absolute Gasteiger partial charge is 0.457 e. The first-order valence-corrected chi connectivity index (χ1v) is 9.04. The molecule has 9 heteroatoms. The molecule has 9 nitrogen and oxygen atoms in total. The number of rotatable bonds is 6. The average Bonchev–Trinajstić information content (AvgIpc) is 3.03. The normalized spacial score (nSPS) is 19.7. The topological polar surface area (TPSA) is 122 Å². The zero-order valence-electron chi connectivity index (χ0n) is 16.0. The lowest BCUT2D eigenvalue weighted by atomic mass is 9.81. The van der Waals surface area contributed by atoms with E-state index in [1.807, 2.05) is 6.92 Å². The maximum Gasteiger partial charge on any atom is 0.269 e. The summed E-state index contributed by atoms with van der Waals surface area (Å²) >= 11 is 0. The van der Waals surface area contributed by atoms with Crippen LogP contribution in [0.25, 0.3) is 0 Å². The first-order chi connectivity index (χ1) is 13.8. The summed E-state index contributed by atoms with van der Waals surface area (Å²) in [6, 6.07) is 12.0. The van der Waals surface area contributed by atoms with Crippen molar-refractivity contribution in [3.05, 3.63) is 64.2 Å². The minimum atomic E-state index is -0.782. The van der Waals surface area contributed by atoms with Gasteiger partial charge in [0.2, 0.25) is 5.91 Å². The molecule has 0 aromatic heterocycles. The van der Waals surface area contributed by atoms with Crippen LogP contribution in [-0.2, 0) is 15.0 Å². The number of hydrogen-bond acceptors (Lipinski definition) is 6. The molecule has 2 N–H and O–H groups in total. The Balaban J connectivity index is 1.73. The van der Waals surface area contributed by atoms with Crippen LogP contribution >= 0.6 is 0 Å². The molecule has 2 atom stereocenters. The second kappa shape index (κ2) is 7.88. The van der Waals surface area contributed by atoms with E-state index >= 15 is 0 Å². The number of carbonyl (C=O) groups is 2. The van der Waals surface area contributed by atoms with E-state index in [9.17, 15) is 19.7 Å². The molecule has 1 heterocycles. The van der Waals surface area contributed by atoms with Gasteiger partial charge in [-0.3, -0.25) is 24.9 Å². The SMILES string of the molecule is CC(C(=O)NO)N1CCC(C)(c2ccc(Oc3ccc([N+](=O)[O-])cc3)cc2)C1=O. The van der Waals surface area contributed by atoms with Crippen LogP contribution in [0, 0.1) is 10.1 Å². The summed E-state index contributed by atoms with van der Waals surface area (Å²) in [7, 11) is 0. The molecular formula is C20H21N3O6. The number of benzene rings is 2. The van der Waals surface area contributed by atoms with Crippen LogP contribution in [0.4, 0.5) is 5.69 Å². The van der Waals surface area contributed by atoms with Crippen molar-refractivity contribution >= 4 is 17.5 Å². The highest BCUT2D eigenvalue weighted by Gasteiger charge is 2.46. The fourth-order valence-electron chi connectivity index (χ4n) is 3.40. The van der Waals surface area contributed by atoms with E-state index in [1.54, 1.807) is 36.7 Å². The number of nitro groups is 1. The molecule has 152 valence electrons. The number of ether oxygens (including phenoxy) is 1. The number of amides is 2. The lowest BCUT2D eigenvalue weighted by Crippen LogP contribution is -2.47. The Morgan fingerprint density at radius 3 is 2.28 bits per heavy atom. The molecule has 0 aliphatic carbocycles. The number of likely N-dealkylation sites (tertiary alicyclic amines) is 1. The predicted octanol–water partition coefficient (Wildman–Crippen LogP) is 2.77. The van der Waals surface area contributed by atoms with E-state index in [0.29, 0.717) is 24.5 Å². The molecule has 2 aromatic carbocycles. The van der Waals surface area contributed by atoms with Crippen molar-refractivity contribution in [3.8, 4) is 11.5 Å². The predicted molar refractivity (Wildman–Crippen MR) is 103 cm³/mol. The van der Waals surface area contributed by atoms with Gasteiger partial charge in [0, 0.05) is 18.7 Å². The third kappa shape index (κ3) is 3.90.